The molecule has 2 aromatic rings. The lowest BCUT2D eigenvalue weighted by atomic mass is 9.71. The molecule has 2 N–H and O–H groups in total. The Morgan fingerprint density at radius 2 is 1.37 bits per heavy atom. The van der Waals surface area contributed by atoms with Gasteiger partial charge >= 0.3 is 6.18 Å². The Morgan fingerprint density at radius 1 is 0.767 bits per heavy atom. The fraction of sp³-hybridized carbons (Fsp3) is 0.565. The normalized spacial score (nSPS) is 23.4. The molecule has 0 bridgehead atoms. The number of hydrogen-bond donors (Lipinski definition) is 2. The van der Waals surface area contributed by atoms with Crippen LogP contribution in [-0.4, -0.2) is 6.04 Å². The summed E-state index contributed by atoms with van der Waals surface area (Å²) in [6.07, 6.45) is 6.25. The van der Waals surface area contributed by atoms with Crippen molar-refractivity contribution in [1.82, 2.24) is 0 Å². The molecule has 0 aliphatic heterocycles. The van der Waals surface area contributed by atoms with Crippen molar-refractivity contribution in [2.75, 3.05) is 10.6 Å². The lowest BCUT2D eigenvalue weighted by Crippen LogP contribution is -2.43. The van der Waals surface area contributed by atoms with Crippen molar-refractivity contribution in [3.8, 4) is 0 Å². The first-order chi connectivity index (χ1) is 14.3. The molecule has 7 heteroatoms. The van der Waals surface area contributed by atoms with Crippen LogP contribution in [0, 0.1) is 11.8 Å². The van der Waals surface area contributed by atoms with Crippen LogP contribution in [0.25, 0.3) is 0 Å². The topological polar surface area (TPSA) is 58.2 Å². The second kappa shape index (κ2) is 8.44. The van der Waals surface area contributed by atoms with Crippen molar-refractivity contribution in [2.45, 2.75) is 70.0 Å². The average Bonchev–Trinajstić information content (AvgIpc) is 2.76. The van der Waals surface area contributed by atoms with Gasteiger partial charge in [0.25, 0.3) is 10.9 Å². The lowest BCUT2D eigenvalue weighted by molar-refractivity contribution is -0.137. The molecular formula is C23H27F3N2O2. The molecular weight excluding hydrogens is 393 g/mol. The standard InChI is InChI=1S/C23H27F3N2O2/c24-23(25,26)15-10-12-16(13-11-15)27-19-20(22(30)21(19)29)28-18-9-5-4-8-17(18)14-6-2-1-3-7-14/h10-14,17-18,27-28H,1-9H2/t17-,18?/m0/s1. The Labute approximate surface area is 173 Å². The molecule has 2 aliphatic carbocycles. The molecule has 4 nitrogen and oxygen atoms in total. The van der Waals surface area contributed by atoms with Gasteiger partial charge in [0, 0.05) is 11.7 Å². The van der Waals surface area contributed by atoms with Crippen molar-refractivity contribution >= 4 is 17.1 Å². The first kappa shape index (κ1) is 20.9. The number of rotatable bonds is 5. The number of nitrogens with one attached hydrogen (secondary N) is 2. The molecule has 0 amide bonds. The van der Waals surface area contributed by atoms with E-state index in [1.54, 1.807) is 0 Å². The number of halogens is 3. The quantitative estimate of drug-likeness (QED) is 0.619. The summed E-state index contributed by atoms with van der Waals surface area (Å²) in [6, 6.07) is 4.63. The van der Waals surface area contributed by atoms with Gasteiger partial charge in [0.1, 0.15) is 11.4 Å². The monoisotopic (exact) mass is 420 g/mol. The van der Waals surface area contributed by atoms with Gasteiger partial charge in [0.2, 0.25) is 0 Å². The van der Waals surface area contributed by atoms with Gasteiger partial charge in [0.05, 0.1) is 5.56 Å². The van der Waals surface area contributed by atoms with Gasteiger partial charge in [0.15, 0.2) is 0 Å². The fourth-order valence-corrected chi connectivity index (χ4v) is 5.19. The molecule has 1 unspecified atom stereocenters. The molecule has 0 spiro atoms. The lowest BCUT2D eigenvalue weighted by Gasteiger charge is -2.40. The van der Waals surface area contributed by atoms with Crippen LogP contribution in [0.2, 0.25) is 0 Å². The van der Waals surface area contributed by atoms with Gasteiger partial charge in [-0.05, 0) is 48.9 Å². The highest BCUT2D eigenvalue weighted by atomic mass is 19.4. The minimum absolute atomic E-state index is 0.160. The molecule has 0 radical (unpaired) electrons. The Kier molecular flexibility index (Phi) is 5.89. The van der Waals surface area contributed by atoms with E-state index in [9.17, 15) is 22.8 Å². The number of hydrogen-bond acceptors (Lipinski definition) is 4. The maximum Gasteiger partial charge on any atom is 0.416 e. The van der Waals surface area contributed by atoms with Crippen LogP contribution in [0.1, 0.15) is 63.4 Å². The average molecular weight is 420 g/mol. The highest BCUT2D eigenvalue weighted by Crippen LogP contribution is 2.40. The molecule has 2 saturated carbocycles. The molecule has 2 aromatic carbocycles. The van der Waals surface area contributed by atoms with Crippen molar-refractivity contribution in [2.24, 2.45) is 11.8 Å². The van der Waals surface area contributed by atoms with Gasteiger partial charge in [-0.15, -0.1) is 0 Å². The number of alkyl halides is 3. The molecule has 0 saturated heterocycles. The molecule has 2 aliphatic rings. The van der Waals surface area contributed by atoms with Crippen LogP contribution < -0.4 is 21.5 Å². The number of anilines is 3. The van der Waals surface area contributed by atoms with Crippen LogP contribution >= 0.6 is 0 Å². The zero-order valence-corrected chi connectivity index (χ0v) is 16.9. The van der Waals surface area contributed by atoms with Gasteiger partial charge in [-0.2, -0.15) is 13.2 Å². The zero-order chi connectivity index (χ0) is 21.3. The highest BCUT2D eigenvalue weighted by Gasteiger charge is 2.35. The summed E-state index contributed by atoms with van der Waals surface area (Å²) in [5.41, 5.74) is -1.13. The third kappa shape index (κ3) is 4.25. The summed E-state index contributed by atoms with van der Waals surface area (Å²) in [4.78, 5) is 24.4. The van der Waals surface area contributed by atoms with E-state index in [-0.39, 0.29) is 17.4 Å². The van der Waals surface area contributed by atoms with Crippen LogP contribution in [0.3, 0.4) is 0 Å². The summed E-state index contributed by atoms with van der Waals surface area (Å²) < 4.78 is 38.2. The first-order valence-corrected chi connectivity index (χ1v) is 10.9. The third-order valence-corrected chi connectivity index (χ3v) is 6.80. The molecule has 162 valence electrons. The Balaban J connectivity index is 1.49. The SMILES string of the molecule is O=c1c(Nc2ccc(C(F)(F)F)cc2)c(NC2CCCC[C@H]2C2CCCCC2)c1=O. The smallest absolute Gasteiger partial charge is 0.377 e. The highest BCUT2D eigenvalue weighted by molar-refractivity contribution is 5.79. The summed E-state index contributed by atoms with van der Waals surface area (Å²) in [7, 11) is 0. The van der Waals surface area contributed by atoms with E-state index in [1.807, 2.05) is 0 Å². The largest absolute Gasteiger partial charge is 0.416 e. The van der Waals surface area contributed by atoms with Gasteiger partial charge in [-0.25, -0.2) is 0 Å². The van der Waals surface area contributed by atoms with Crippen LogP contribution in [-0.2, 0) is 6.18 Å². The van der Waals surface area contributed by atoms with Crippen molar-refractivity contribution in [3.05, 3.63) is 50.3 Å². The Bertz CT molecular complexity index is 939. The van der Waals surface area contributed by atoms with E-state index in [4.69, 9.17) is 0 Å². The molecule has 30 heavy (non-hydrogen) atoms. The summed E-state index contributed by atoms with van der Waals surface area (Å²) in [5.74, 6) is 1.16. The van der Waals surface area contributed by atoms with E-state index in [2.05, 4.69) is 10.6 Å². The van der Waals surface area contributed by atoms with E-state index < -0.39 is 22.6 Å². The van der Waals surface area contributed by atoms with Crippen molar-refractivity contribution < 1.29 is 13.2 Å². The summed E-state index contributed by atoms with van der Waals surface area (Å²) >= 11 is 0. The van der Waals surface area contributed by atoms with Crippen LogP contribution in [0.15, 0.2) is 33.9 Å². The maximum absolute atomic E-state index is 12.7. The second-order valence-electron chi connectivity index (χ2n) is 8.71. The van der Waals surface area contributed by atoms with Crippen molar-refractivity contribution in [1.29, 1.82) is 0 Å². The van der Waals surface area contributed by atoms with E-state index in [1.165, 1.54) is 50.7 Å². The minimum Gasteiger partial charge on any atom is -0.377 e. The Hall–Kier alpha value is -2.31. The third-order valence-electron chi connectivity index (χ3n) is 6.80. The Morgan fingerprint density at radius 3 is 2.03 bits per heavy atom. The predicted molar refractivity (Wildman–Crippen MR) is 112 cm³/mol. The molecule has 2 atom stereocenters. The first-order valence-electron chi connectivity index (χ1n) is 10.9. The van der Waals surface area contributed by atoms with Gasteiger partial charge < -0.3 is 10.6 Å². The molecule has 2 fully saturated rings. The van der Waals surface area contributed by atoms with Crippen molar-refractivity contribution in [3.63, 3.8) is 0 Å². The van der Waals surface area contributed by atoms with E-state index in [0.717, 1.165) is 31.4 Å². The maximum atomic E-state index is 12.7. The minimum atomic E-state index is -4.41. The zero-order valence-electron chi connectivity index (χ0n) is 16.9. The summed E-state index contributed by atoms with van der Waals surface area (Å²) in [5, 5.41) is 6.21. The van der Waals surface area contributed by atoms with Gasteiger partial charge in [-0.3, -0.25) is 9.59 Å². The molecule has 0 aromatic heterocycles. The molecule has 4 rings (SSSR count). The van der Waals surface area contributed by atoms with Crippen LogP contribution in [0.5, 0.6) is 0 Å². The fourth-order valence-electron chi connectivity index (χ4n) is 5.19. The number of benzene rings is 1. The summed E-state index contributed by atoms with van der Waals surface area (Å²) in [6.45, 7) is 0. The second-order valence-corrected chi connectivity index (χ2v) is 8.71. The van der Waals surface area contributed by atoms with Crippen LogP contribution in [0.4, 0.5) is 30.2 Å². The molecule has 0 heterocycles. The predicted octanol–water partition coefficient (Wildman–Crippen LogP) is 5.60. The van der Waals surface area contributed by atoms with Gasteiger partial charge in [-0.1, -0.05) is 44.9 Å². The van der Waals surface area contributed by atoms with E-state index >= 15 is 0 Å². The van der Waals surface area contributed by atoms with E-state index in [0.29, 0.717) is 17.5 Å².